The lowest BCUT2D eigenvalue weighted by Crippen LogP contribution is -2.18. The van der Waals surface area contributed by atoms with Gasteiger partial charge in [-0.2, -0.15) is 0 Å². The summed E-state index contributed by atoms with van der Waals surface area (Å²) in [5, 5.41) is 8.38. The maximum Gasteiger partial charge on any atom is 0.147 e. The molecule has 0 atom stereocenters. The second-order valence-electron chi connectivity index (χ2n) is 3.74. The van der Waals surface area contributed by atoms with Crippen LogP contribution in [0.2, 0.25) is 0 Å². The first-order valence-corrected chi connectivity index (χ1v) is 5.96. The second-order valence-corrected chi connectivity index (χ2v) is 4.01. The van der Waals surface area contributed by atoms with Gasteiger partial charge in [0.05, 0.1) is 5.88 Å². The van der Waals surface area contributed by atoms with Crippen LogP contribution in [0.4, 0.5) is 0 Å². The Balaban J connectivity index is 2.22. The Morgan fingerprint density at radius 3 is 2.73 bits per heavy atom. The summed E-state index contributed by atoms with van der Waals surface area (Å²) < 4.78 is 7.47. The Morgan fingerprint density at radius 2 is 2.13 bits per heavy atom. The van der Waals surface area contributed by atoms with E-state index in [-0.39, 0.29) is 0 Å². The van der Waals surface area contributed by atoms with Crippen molar-refractivity contribution in [2.45, 2.75) is 38.1 Å². The van der Waals surface area contributed by atoms with E-state index in [1.165, 1.54) is 0 Å². The molecule has 84 valence electrons. The van der Waals surface area contributed by atoms with Crippen molar-refractivity contribution < 1.29 is 4.74 Å². The van der Waals surface area contributed by atoms with Crippen LogP contribution in [-0.2, 0) is 17.2 Å². The van der Waals surface area contributed by atoms with Crippen LogP contribution in [0, 0.1) is 0 Å². The molecule has 1 aliphatic heterocycles. The van der Waals surface area contributed by atoms with Crippen LogP contribution < -0.4 is 0 Å². The van der Waals surface area contributed by atoms with Crippen LogP contribution in [-0.4, -0.2) is 28.0 Å². The average molecular weight is 230 g/mol. The third-order valence-corrected chi connectivity index (χ3v) is 3.12. The summed E-state index contributed by atoms with van der Waals surface area (Å²) >= 11 is 5.82. The van der Waals surface area contributed by atoms with E-state index in [0.717, 1.165) is 44.2 Å². The van der Waals surface area contributed by atoms with Crippen LogP contribution in [0.3, 0.4) is 0 Å². The zero-order chi connectivity index (χ0) is 10.7. The molecule has 4 nitrogen and oxygen atoms in total. The van der Waals surface area contributed by atoms with Crippen LogP contribution in [0.25, 0.3) is 0 Å². The van der Waals surface area contributed by atoms with Crippen molar-refractivity contribution in [2.75, 3.05) is 13.2 Å². The molecular weight excluding hydrogens is 214 g/mol. The zero-order valence-corrected chi connectivity index (χ0v) is 9.70. The molecule has 0 unspecified atom stereocenters. The molecule has 5 heteroatoms. The number of rotatable bonds is 3. The fraction of sp³-hybridized carbons (Fsp3) is 0.800. The molecule has 0 radical (unpaired) electrons. The van der Waals surface area contributed by atoms with Crippen molar-refractivity contribution in [3.8, 4) is 0 Å². The summed E-state index contributed by atoms with van der Waals surface area (Å²) in [7, 11) is 0. The normalized spacial score (nSPS) is 18.3. The predicted molar refractivity (Wildman–Crippen MR) is 58.0 cm³/mol. The molecular formula is C10H16ClN3O. The minimum Gasteiger partial charge on any atom is -0.381 e. The average Bonchev–Trinajstić information content (AvgIpc) is 2.72. The monoisotopic (exact) mass is 229 g/mol. The van der Waals surface area contributed by atoms with Crippen molar-refractivity contribution in [3.63, 3.8) is 0 Å². The van der Waals surface area contributed by atoms with Crippen LogP contribution in [0.1, 0.15) is 37.3 Å². The summed E-state index contributed by atoms with van der Waals surface area (Å²) in [5.74, 6) is 2.88. The third kappa shape index (κ3) is 2.16. The molecule has 0 N–H and O–H groups in total. The maximum atomic E-state index is 5.82. The second kappa shape index (κ2) is 4.94. The first-order chi connectivity index (χ1) is 7.36. The van der Waals surface area contributed by atoms with E-state index in [0.29, 0.717) is 11.8 Å². The van der Waals surface area contributed by atoms with Gasteiger partial charge in [0.25, 0.3) is 0 Å². The molecule has 1 aromatic rings. The van der Waals surface area contributed by atoms with Crippen LogP contribution in [0.15, 0.2) is 0 Å². The summed E-state index contributed by atoms with van der Waals surface area (Å²) in [4.78, 5) is 0. The molecule has 0 saturated carbocycles. The van der Waals surface area contributed by atoms with Gasteiger partial charge in [0, 0.05) is 25.7 Å². The minimum absolute atomic E-state index is 0.435. The molecule has 2 rings (SSSR count). The number of hydrogen-bond donors (Lipinski definition) is 0. The minimum atomic E-state index is 0.435. The molecule has 0 spiro atoms. The first kappa shape index (κ1) is 10.9. The lowest BCUT2D eigenvalue weighted by Gasteiger charge is -2.21. The van der Waals surface area contributed by atoms with Gasteiger partial charge in [0.15, 0.2) is 0 Å². The lowest BCUT2D eigenvalue weighted by atomic mass is 9.99. The molecule has 0 aliphatic carbocycles. The van der Waals surface area contributed by atoms with Gasteiger partial charge in [0.2, 0.25) is 0 Å². The van der Waals surface area contributed by atoms with Gasteiger partial charge in [-0.25, -0.2) is 0 Å². The molecule has 0 aromatic carbocycles. The van der Waals surface area contributed by atoms with Crippen molar-refractivity contribution in [3.05, 3.63) is 11.6 Å². The lowest BCUT2D eigenvalue weighted by molar-refractivity contribution is 0.0827. The quantitative estimate of drug-likeness (QED) is 0.744. The van der Waals surface area contributed by atoms with E-state index >= 15 is 0 Å². The van der Waals surface area contributed by atoms with Gasteiger partial charge < -0.3 is 9.30 Å². The summed E-state index contributed by atoms with van der Waals surface area (Å²) in [6.45, 7) is 4.65. The number of halogens is 1. The number of hydrogen-bond acceptors (Lipinski definition) is 3. The predicted octanol–water partition coefficient (Wildman–Crippen LogP) is 1.93. The number of ether oxygens (including phenoxy) is 1. The first-order valence-electron chi connectivity index (χ1n) is 5.42. The van der Waals surface area contributed by atoms with E-state index in [2.05, 4.69) is 21.7 Å². The maximum absolute atomic E-state index is 5.82. The van der Waals surface area contributed by atoms with Crippen molar-refractivity contribution in [2.24, 2.45) is 0 Å². The Bertz CT molecular complexity index is 320. The Labute approximate surface area is 94.6 Å². The number of alkyl halides is 1. The Kier molecular flexibility index (Phi) is 3.59. The smallest absolute Gasteiger partial charge is 0.147 e. The highest BCUT2D eigenvalue weighted by molar-refractivity contribution is 6.16. The van der Waals surface area contributed by atoms with Crippen LogP contribution in [0.5, 0.6) is 0 Å². The van der Waals surface area contributed by atoms with Crippen LogP contribution >= 0.6 is 11.6 Å². The van der Waals surface area contributed by atoms with E-state index in [4.69, 9.17) is 16.3 Å². The molecule has 1 aliphatic rings. The SMILES string of the molecule is CCn1c(CCl)nnc1C1CCOCC1. The van der Waals surface area contributed by atoms with Gasteiger partial charge in [-0.1, -0.05) is 0 Å². The van der Waals surface area contributed by atoms with E-state index < -0.39 is 0 Å². The van der Waals surface area contributed by atoms with Gasteiger partial charge in [-0.15, -0.1) is 21.8 Å². The molecule has 2 heterocycles. The highest BCUT2D eigenvalue weighted by Crippen LogP contribution is 2.26. The fourth-order valence-corrected chi connectivity index (χ4v) is 2.25. The Morgan fingerprint density at radius 1 is 1.40 bits per heavy atom. The standard InChI is InChI=1S/C10H16ClN3O/c1-2-14-9(7-11)12-13-10(14)8-3-5-15-6-4-8/h8H,2-7H2,1H3. The molecule has 1 fully saturated rings. The summed E-state index contributed by atoms with van der Waals surface area (Å²) in [6, 6.07) is 0. The molecule has 15 heavy (non-hydrogen) atoms. The molecule has 1 aromatic heterocycles. The third-order valence-electron chi connectivity index (χ3n) is 2.88. The van der Waals surface area contributed by atoms with Gasteiger partial charge in [0.1, 0.15) is 11.6 Å². The van der Waals surface area contributed by atoms with E-state index in [1.807, 2.05) is 0 Å². The largest absolute Gasteiger partial charge is 0.381 e. The van der Waals surface area contributed by atoms with Gasteiger partial charge >= 0.3 is 0 Å². The van der Waals surface area contributed by atoms with Gasteiger partial charge in [-0.3, -0.25) is 0 Å². The Hall–Kier alpha value is -0.610. The zero-order valence-electron chi connectivity index (χ0n) is 8.95. The summed E-state index contributed by atoms with van der Waals surface area (Å²) in [6.07, 6.45) is 2.08. The van der Waals surface area contributed by atoms with Crippen molar-refractivity contribution in [1.29, 1.82) is 0 Å². The summed E-state index contributed by atoms with van der Waals surface area (Å²) in [5.41, 5.74) is 0. The van der Waals surface area contributed by atoms with Crippen molar-refractivity contribution in [1.82, 2.24) is 14.8 Å². The molecule has 1 saturated heterocycles. The molecule has 0 bridgehead atoms. The van der Waals surface area contributed by atoms with Gasteiger partial charge in [-0.05, 0) is 19.8 Å². The highest BCUT2D eigenvalue weighted by Gasteiger charge is 2.22. The number of aromatic nitrogens is 3. The highest BCUT2D eigenvalue weighted by atomic mass is 35.5. The number of nitrogens with zero attached hydrogens (tertiary/aromatic N) is 3. The van der Waals surface area contributed by atoms with Crippen molar-refractivity contribution >= 4 is 11.6 Å². The topological polar surface area (TPSA) is 39.9 Å². The molecule has 0 amide bonds. The van der Waals surface area contributed by atoms with E-state index in [9.17, 15) is 0 Å². The fourth-order valence-electron chi connectivity index (χ4n) is 2.05. The van der Waals surface area contributed by atoms with E-state index in [1.54, 1.807) is 0 Å².